The summed E-state index contributed by atoms with van der Waals surface area (Å²) < 4.78 is 0. The first-order chi connectivity index (χ1) is 10.5. The predicted octanol–water partition coefficient (Wildman–Crippen LogP) is 3.72. The summed E-state index contributed by atoms with van der Waals surface area (Å²) in [5.74, 6) is 0.0123. The number of rotatable bonds is 3. The molecule has 2 aromatic rings. The first kappa shape index (κ1) is 14.4. The zero-order valence-corrected chi connectivity index (χ0v) is 12.7. The van der Waals surface area contributed by atoms with E-state index in [0.717, 1.165) is 5.56 Å². The van der Waals surface area contributed by atoms with E-state index in [9.17, 15) is 9.59 Å². The van der Waals surface area contributed by atoms with Crippen molar-refractivity contribution in [3.63, 3.8) is 0 Å². The van der Waals surface area contributed by atoms with Crippen molar-refractivity contribution in [2.75, 3.05) is 0 Å². The molecule has 0 N–H and O–H groups in total. The van der Waals surface area contributed by atoms with Crippen LogP contribution in [-0.2, 0) is 0 Å². The number of fused-ring (bicyclic) bond motifs is 1. The number of benzene rings is 2. The van der Waals surface area contributed by atoms with E-state index >= 15 is 0 Å². The minimum Gasteiger partial charge on any atom is -0.294 e. The molecule has 0 amide bonds. The second-order valence-electron chi connectivity index (χ2n) is 5.96. The molecule has 110 valence electrons. The molecule has 2 aromatic carbocycles. The van der Waals surface area contributed by atoms with Gasteiger partial charge in [0.1, 0.15) is 5.54 Å². The molecule has 1 aliphatic heterocycles. The minimum absolute atomic E-state index is 0.000917. The third-order valence-corrected chi connectivity index (χ3v) is 3.88. The van der Waals surface area contributed by atoms with E-state index < -0.39 is 5.54 Å². The number of nitrogens with zero attached hydrogens (tertiary/aromatic N) is 1. The summed E-state index contributed by atoms with van der Waals surface area (Å²) in [5.41, 5.74) is 1.96. The lowest BCUT2D eigenvalue weighted by atomic mass is 9.84. The molecule has 0 spiro atoms. The van der Waals surface area contributed by atoms with Gasteiger partial charge in [0.25, 0.3) is 0 Å². The van der Waals surface area contributed by atoms with Crippen molar-refractivity contribution < 1.29 is 9.59 Å². The van der Waals surface area contributed by atoms with E-state index in [2.05, 4.69) is 4.99 Å². The van der Waals surface area contributed by atoms with Crippen molar-refractivity contribution in [3.8, 4) is 0 Å². The molecule has 0 unspecified atom stereocenters. The number of Topliss-reactive ketones (excluding diaryl/α,β-unsaturated/α-hetero) is 2. The molecule has 1 aliphatic rings. The molecule has 3 nitrogen and oxygen atoms in total. The summed E-state index contributed by atoms with van der Waals surface area (Å²) in [7, 11) is 0. The van der Waals surface area contributed by atoms with E-state index in [4.69, 9.17) is 0 Å². The monoisotopic (exact) mass is 291 g/mol. The summed E-state index contributed by atoms with van der Waals surface area (Å²) in [6.45, 7) is 3.58. The van der Waals surface area contributed by atoms with Crippen molar-refractivity contribution in [3.05, 3.63) is 71.3 Å². The Labute approximate surface area is 129 Å². The van der Waals surface area contributed by atoms with Crippen molar-refractivity contribution >= 4 is 17.3 Å². The Kier molecular flexibility index (Phi) is 3.49. The Bertz CT molecular complexity index is 773. The third kappa shape index (κ3) is 2.50. The molecule has 0 saturated carbocycles. The van der Waals surface area contributed by atoms with Gasteiger partial charge in [0.15, 0.2) is 11.6 Å². The van der Waals surface area contributed by atoms with E-state index in [-0.39, 0.29) is 18.0 Å². The van der Waals surface area contributed by atoms with E-state index in [1.54, 1.807) is 32.0 Å². The number of carbonyl (C=O) groups excluding carboxylic acids is 2. The molecule has 0 atom stereocenters. The first-order valence-electron chi connectivity index (χ1n) is 7.30. The summed E-state index contributed by atoms with van der Waals surface area (Å²) in [4.78, 5) is 29.4. The number of ketones is 2. The Hall–Kier alpha value is -2.55. The normalized spacial score (nSPS) is 15.9. The highest BCUT2D eigenvalue weighted by molar-refractivity contribution is 6.23. The van der Waals surface area contributed by atoms with Gasteiger partial charge in [-0.3, -0.25) is 14.6 Å². The number of hydrogen-bond acceptors (Lipinski definition) is 3. The van der Waals surface area contributed by atoms with Gasteiger partial charge in [0, 0.05) is 16.7 Å². The zero-order chi connectivity index (χ0) is 15.7. The fourth-order valence-electron chi connectivity index (χ4n) is 2.72. The summed E-state index contributed by atoms with van der Waals surface area (Å²) in [6, 6.07) is 16.5. The van der Waals surface area contributed by atoms with Crippen LogP contribution in [0.4, 0.5) is 0 Å². The van der Waals surface area contributed by atoms with Crippen LogP contribution in [0.5, 0.6) is 0 Å². The molecule has 0 saturated heterocycles. The van der Waals surface area contributed by atoms with Gasteiger partial charge in [-0.2, -0.15) is 0 Å². The average molecular weight is 291 g/mol. The van der Waals surface area contributed by atoms with Crippen LogP contribution in [-0.4, -0.2) is 22.8 Å². The van der Waals surface area contributed by atoms with E-state index in [1.165, 1.54) is 0 Å². The zero-order valence-electron chi connectivity index (χ0n) is 12.7. The Morgan fingerprint density at radius 3 is 2.23 bits per heavy atom. The molecular weight excluding hydrogens is 274 g/mol. The van der Waals surface area contributed by atoms with Gasteiger partial charge in [0.05, 0.1) is 12.1 Å². The summed E-state index contributed by atoms with van der Waals surface area (Å²) in [5, 5.41) is 0. The molecule has 0 aliphatic carbocycles. The van der Waals surface area contributed by atoms with E-state index in [0.29, 0.717) is 16.8 Å². The lowest BCUT2D eigenvalue weighted by molar-refractivity contribution is 0.0909. The molecule has 1 heterocycles. The highest BCUT2D eigenvalue weighted by Gasteiger charge is 2.35. The molecule has 0 aromatic heterocycles. The Balaban J connectivity index is 1.99. The standard InChI is InChI=1S/C19H17NO2/c1-19(2)18(22)15-11-7-6-10-14(15)16(20-19)12-17(21)13-8-4-3-5-9-13/h3-11H,12H2,1-2H3. The second-order valence-corrected chi connectivity index (χ2v) is 5.96. The maximum absolute atomic E-state index is 12.4. The minimum atomic E-state index is -0.819. The van der Waals surface area contributed by atoms with Gasteiger partial charge < -0.3 is 0 Å². The van der Waals surface area contributed by atoms with Gasteiger partial charge in [-0.1, -0.05) is 54.6 Å². The van der Waals surface area contributed by atoms with Crippen LogP contribution in [0, 0.1) is 0 Å². The van der Waals surface area contributed by atoms with Gasteiger partial charge in [-0.15, -0.1) is 0 Å². The SMILES string of the molecule is CC1(C)N=C(CC(=O)c2ccccc2)c2ccccc2C1=O. The van der Waals surface area contributed by atoms with Crippen LogP contribution in [0.3, 0.4) is 0 Å². The topological polar surface area (TPSA) is 46.5 Å². The average Bonchev–Trinajstić information content (AvgIpc) is 2.53. The second kappa shape index (κ2) is 5.34. The third-order valence-electron chi connectivity index (χ3n) is 3.88. The number of hydrogen-bond donors (Lipinski definition) is 0. The molecule has 0 radical (unpaired) electrons. The smallest absolute Gasteiger partial charge is 0.190 e. The number of aliphatic imine (C=N–C) groups is 1. The lowest BCUT2D eigenvalue weighted by Gasteiger charge is -2.27. The fraction of sp³-hybridized carbons (Fsp3) is 0.211. The molecule has 0 bridgehead atoms. The Morgan fingerprint density at radius 2 is 1.55 bits per heavy atom. The summed E-state index contributed by atoms with van der Waals surface area (Å²) >= 11 is 0. The maximum Gasteiger partial charge on any atom is 0.190 e. The van der Waals surface area contributed by atoms with Crippen molar-refractivity contribution in [2.45, 2.75) is 25.8 Å². The Morgan fingerprint density at radius 1 is 0.955 bits per heavy atom. The quantitative estimate of drug-likeness (QED) is 0.809. The van der Waals surface area contributed by atoms with E-state index in [1.807, 2.05) is 36.4 Å². The van der Waals surface area contributed by atoms with Gasteiger partial charge in [-0.25, -0.2) is 0 Å². The van der Waals surface area contributed by atoms with Gasteiger partial charge >= 0.3 is 0 Å². The number of carbonyl (C=O) groups is 2. The van der Waals surface area contributed by atoms with Crippen LogP contribution in [0.15, 0.2) is 59.6 Å². The van der Waals surface area contributed by atoms with Crippen LogP contribution in [0.2, 0.25) is 0 Å². The van der Waals surface area contributed by atoms with Crippen molar-refractivity contribution in [2.24, 2.45) is 4.99 Å². The van der Waals surface area contributed by atoms with Crippen molar-refractivity contribution in [1.82, 2.24) is 0 Å². The fourth-order valence-corrected chi connectivity index (χ4v) is 2.72. The lowest BCUT2D eigenvalue weighted by Crippen LogP contribution is -2.36. The molecule has 22 heavy (non-hydrogen) atoms. The largest absolute Gasteiger partial charge is 0.294 e. The van der Waals surface area contributed by atoms with Gasteiger partial charge in [0.2, 0.25) is 0 Å². The first-order valence-corrected chi connectivity index (χ1v) is 7.30. The predicted molar refractivity (Wildman–Crippen MR) is 86.8 cm³/mol. The molecule has 0 fully saturated rings. The summed E-state index contributed by atoms with van der Waals surface area (Å²) in [6.07, 6.45) is 0.206. The molecular formula is C19H17NO2. The highest BCUT2D eigenvalue weighted by Crippen LogP contribution is 2.28. The van der Waals surface area contributed by atoms with Crippen molar-refractivity contribution in [1.29, 1.82) is 0 Å². The molecule has 3 rings (SSSR count). The van der Waals surface area contributed by atoms with Crippen LogP contribution in [0.1, 0.15) is 46.5 Å². The maximum atomic E-state index is 12.4. The van der Waals surface area contributed by atoms with Crippen LogP contribution in [0.25, 0.3) is 0 Å². The van der Waals surface area contributed by atoms with Gasteiger partial charge in [-0.05, 0) is 13.8 Å². The highest BCUT2D eigenvalue weighted by atomic mass is 16.1. The van der Waals surface area contributed by atoms with Crippen LogP contribution < -0.4 is 0 Å². The van der Waals surface area contributed by atoms with Crippen LogP contribution >= 0.6 is 0 Å². The molecule has 3 heteroatoms.